The first-order valence-electron chi connectivity index (χ1n) is 8.70. The highest BCUT2D eigenvalue weighted by Gasteiger charge is 2.18. The number of rotatable bonds is 4. The molecule has 4 N–H and O–H groups in total. The normalized spacial score (nSPS) is 10.9. The lowest BCUT2D eigenvalue weighted by molar-refractivity contribution is 0.247. The molecule has 0 aliphatic carbocycles. The molecule has 0 saturated carbocycles. The van der Waals surface area contributed by atoms with Crippen molar-refractivity contribution in [2.75, 3.05) is 24.2 Å². The first-order chi connectivity index (χ1) is 13.6. The summed E-state index contributed by atoms with van der Waals surface area (Å²) in [6.45, 7) is 2.39. The van der Waals surface area contributed by atoms with Crippen LogP contribution in [-0.4, -0.2) is 49.3 Å². The number of imidazole rings is 1. The lowest BCUT2D eigenvalue weighted by Crippen LogP contribution is -2.37. The van der Waals surface area contributed by atoms with Gasteiger partial charge in [0.1, 0.15) is 5.52 Å². The van der Waals surface area contributed by atoms with Gasteiger partial charge >= 0.3 is 6.03 Å². The van der Waals surface area contributed by atoms with Crippen LogP contribution >= 0.6 is 0 Å². The monoisotopic (exact) mass is 377 g/mol. The van der Waals surface area contributed by atoms with Crippen LogP contribution in [0.4, 0.5) is 16.7 Å². The molecule has 2 amide bonds. The number of aromatic nitrogens is 6. The minimum Gasteiger partial charge on any atom is -0.368 e. The fourth-order valence-electron chi connectivity index (χ4n) is 2.85. The summed E-state index contributed by atoms with van der Waals surface area (Å²) in [6.07, 6.45) is 6.85. The van der Waals surface area contributed by atoms with Crippen LogP contribution in [0.25, 0.3) is 27.8 Å². The van der Waals surface area contributed by atoms with Gasteiger partial charge in [-0.1, -0.05) is 0 Å². The van der Waals surface area contributed by atoms with Crippen LogP contribution in [-0.2, 0) is 0 Å². The van der Waals surface area contributed by atoms with E-state index in [0.717, 1.165) is 22.3 Å². The molecule has 1 aromatic carbocycles. The molecule has 0 fully saturated rings. The third-order valence-electron chi connectivity index (χ3n) is 4.26. The number of fused-ring (bicyclic) bond motifs is 1. The van der Waals surface area contributed by atoms with Gasteiger partial charge in [-0.05, 0) is 30.7 Å². The Morgan fingerprint density at radius 3 is 2.75 bits per heavy atom. The minimum absolute atomic E-state index is 0.213. The Kier molecular flexibility index (Phi) is 4.36. The van der Waals surface area contributed by atoms with Crippen molar-refractivity contribution in [3.8, 4) is 16.8 Å². The van der Waals surface area contributed by atoms with Crippen LogP contribution in [0.2, 0.25) is 0 Å². The molecule has 4 rings (SSSR count). The zero-order chi connectivity index (χ0) is 19.7. The Morgan fingerprint density at radius 2 is 2.07 bits per heavy atom. The highest BCUT2D eigenvalue weighted by molar-refractivity contribution is 5.95. The number of anilines is 2. The Labute approximate surface area is 160 Å². The number of H-pyrrole nitrogens is 1. The van der Waals surface area contributed by atoms with Crippen LogP contribution in [0.15, 0.2) is 43.0 Å². The van der Waals surface area contributed by atoms with Gasteiger partial charge in [0.15, 0.2) is 0 Å². The van der Waals surface area contributed by atoms with Crippen molar-refractivity contribution in [1.29, 1.82) is 0 Å². The van der Waals surface area contributed by atoms with E-state index in [1.807, 2.05) is 31.3 Å². The summed E-state index contributed by atoms with van der Waals surface area (Å²) in [5, 5.41) is 7.08. The van der Waals surface area contributed by atoms with Gasteiger partial charge in [-0.3, -0.25) is 4.90 Å². The van der Waals surface area contributed by atoms with Crippen molar-refractivity contribution < 1.29 is 4.79 Å². The smallest absolute Gasteiger partial charge is 0.323 e. The number of aromatic amines is 1. The predicted octanol–water partition coefficient (Wildman–Crippen LogP) is 1.95. The maximum Gasteiger partial charge on any atom is 0.323 e. The molecular weight excluding hydrogens is 358 g/mol. The van der Waals surface area contributed by atoms with Gasteiger partial charge < -0.3 is 16.0 Å². The van der Waals surface area contributed by atoms with Crippen molar-refractivity contribution in [2.45, 2.75) is 6.92 Å². The number of nitrogens with two attached hydrogens (primary N) is 1. The molecule has 0 saturated heterocycles. The SMILES string of the molecule is CCNC(=O)N(C)c1nc2c(-n3cccn3)cc(-c3cnc(N)nc3)cc2[nH]1. The van der Waals surface area contributed by atoms with Crippen LogP contribution < -0.4 is 16.0 Å². The average molecular weight is 377 g/mol. The first kappa shape index (κ1) is 17.5. The Balaban J connectivity index is 1.87. The first-order valence-corrected chi connectivity index (χ1v) is 8.70. The van der Waals surface area contributed by atoms with Crippen molar-refractivity contribution in [3.05, 3.63) is 43.0 Å². The Bertz CT molecular complexity index is 1120. The Hall–Kier alpha value is -3.95. The zero-order valence-electron chi connectivity index (χ0n) is 15.4. The molecule has 0 unspecified atom stereocenters. The molecule has 3 aromatic heterocycles. The van der Waals surface area contributed by atoms with E-state index >= 15 is 0 Å². The van der Waals surface area contributed by atoms with Crippen molar-refractivity contribution >= 4 is 29.0 Å². The molecule has 28 heavy (non-hydrogen) atoms. The van der Waals surface area contributed by atoms with Crippen molar-refractivity contribution in [1.82, 2.24) is 35.0 Å². The molecular formula is C18H19N9O. The standard InChI is InChI=1S/C18H19N9O/c1-3-20-18(28)26(2)17-24-13-7-11(12-9-21-16(19)22-10-12)8-14(15(13)25-17)27-6-4-5-23-27/h4-10H,3H2,1-2H3,(H,20,28)(H,24,25)(H2,19,21,22). The molecule has 0 spiro atoms. The number of hydrogen-bond donors (Lipinski definition) is 3. The summed E-state index contributed by atoms with van der Waals surface area (Å²) in [7, 11) is 1.66. The fourth-order valence-corrected chi connectivity index (χ4v) is 2.85. The topological polar surface area (TPSA) is 131 Å². The number of carbonyl (C=O) groups is 1. The van der Waals surface area contributed by atoms with Crippen molar-refractivity contribution in [2.24, 2.45) is 0 Å². The number of urea groups is 1. The molecule has 3 heterocycles. The van der Waals surface area contributed by atoms with E-state index in [9.17, 15) is 4.79 Å². The summed E-state index contributed by atoms with van der Waals surface area (Å²) < 4.78 is 1.72. The summed E-state index contributed by atoms with van der Waals surface area (Å²) in [5.74, 6) is 0.643. The van der Waals surface area contributed by atoms with Gasteiger partial charge in [0.05, 0.1) is 11.2 Å². The van der Waals surface area contributed by atoms with Gasteiger partial charge in [-0.25, -0.2) is 24.4 Å². The lowest BCUT2D eigenvalue weighted by Gasteiger charge is -2.13. The van der Waals surface area contributed by atoms with Crippen LogP contribution in [0.1, 0.15) is 6.92 Å². The number of nitrogens with zero attached hydrogens (tertiary/aromatic N) is 6. The lowest BCUT2D eigenvalue weighted by atomic mass is 10.1. The van der Waals surface area contributed by atoms with E-state index in [4.69, 9.17) is 5.73 Å². The molecule has 0 bridgehead atoms. The van der Waals surface area contributed by atoms with E-state index in [2.05, 4.69) is 30.4 Å². The van der Waals surface area contributed by atoms with E-state index in [0.29, 0.717) is 18.0 Å². The molecule has 0 radical (unpaired) electrons. The van der Waals surface area contributed by atoms with Gasteiger partial charge in [-0.2, -0.15) is 5.10 Å². The number of hydrogen-bond acceptors (Lipinski definition) is 6. The minimum atomic E-state index is -0.241. The predicted molar refractivity (Wildman–Crippen MR) is 106 cm³/mol. The molecule has 0 aliphatic heterocycles. The highest BCUT2D eigenvalue weighted by Crippen LogP contribution is 2.29. The quantitative estimate of drug-likeness (QED) is 0.498. The van der Waals surface area contributed by atoms with Gasteiger partial charge in [-0.15, -0.1) is 0 Å². The fraction of sp³-hybridized carbons (Fsp3) is 0.167. The Morgan fingerprint density at radius 1 is 1.29 bits per heavy atom. The van der Waals surface area contributed by atoms with Gasteiger partial charge in [0.25, 0.3) is 0 Å². The van der Waals surface area contributed by atoms with E-state index in [1.165, 1.54) is 4.90 Å². The van der Waals surface area contributed by atoms with Crippen LogP contribution in [0.5, 0.6) is 0 Å². The molecule has 0 atom stereocenters. The molecule has 142 valence electrons. The number of nitrogen functional groups attached to an aromatic ring is 1. The molecule has 0 aliphatic rings. The second-order valence-electron chi connectivity index (χ2n) is 6.13. The molecule has 10 nitrogen and oxygen atoms in total. The second kappa shape index (κ2) is 6.99. The average Bonchev–Trinajstić information content (AvgIpc) is 3.37. The molecule has 10 heteroatoms. The summed E-state index contributed by atoms with van der Waals surface area (Å²) >= 11 is 0. The maximum absolute atomic E-state index is 12.2. The second-order valence-corrected chi connectivity index (χ2v) is 6.13. The van der Waals surface area contributed by atoms with Crippen molar-refractivity contribution in [3.63, 3.8) is 0 Å². The van der Waals surface area contributed by atoms with Crippen LogP contribution in [0.3, 0.4) is 0 Å². The van der Waals surface area contributed by atoms with Gasteiger partial charge in [0.2, 0.25) is 11.9 Å². The van der Waals surface area contributed by atoms with E-state index in [1.54, 1.807) is 30.3 Å². The number of amides is 2. The zero-order valence-corrected chi connectivity index (χ0v) is 15.4. The van der Waals surface area contributed by atoms with Gasteiger partial charge in [0, 0.05) is 43.9 Å². The third-order valence-corrected chi connectivity index (χ3v) is 4.26. The summed E-state index contributed by atoms with van der Waals surface area (Å²) in [5.41, 5.74) is 9.48. The number of benzene rings is 1. The third kappa shape index (κ3) is 3.11. The summed E-state index contributed by atoms with van der Waals surface area (Å²) in [4.78, 5) is 29.5. The van der Waals surface area contributed by atoms with E-state index in [-0.39, 0.29) is 12.0 Å². The van der Waals surface area contributed by atoms with Crippen LogP contribution in [0, 0.1) is 0 Å². The number of carbonyl (C=O) groups excluding carboxylic acids is 1. The highest BCUT2D eigenvalue weighted by atomic mass is 16.2. The summed E-state index contributed by atoms with van der Waals surface area (Å²) in [6, 6.07) is 5.47. The largest absolute Gasteiger partial charge is 0.368 e. The molecule has 4 aromatic rings. The van der Waals surface area contributed by atoms with E-state index < -0.39 is 0 Å². The maximum atomic E-state index is 12.2. The number of nitrogens with one attached hydrogen (secondary N) is 2.